The SMILES string of the molecule is CCNC(=NCc1nc(C)c(C)o1)NCC1(CCOC)CC1.I. The van der Waals surface area contributed by atoms with Crippen LogP contribution in [0.1, 0.15) is 43.5 Å². The molecule has 0 amide bonds. The number of guanidine groups is 1. The zero-order chi connectivity index (χ0) is 16.0. The number of aliphatic imine (C=N–C) groups is 1. The monoisotopic (exact) mass is 436 g/mol. The van der Waals surface area contributed by atoms with E-state index < -0.39 is 0 Å². The number of rotatable bonds is 8. The van der Waals surface area contributed by atoms with Crippen molar-refractivity contribution < 1.29 is 9.15 Å². The van der Waals surface area contributed by atoms with Gasteiger partial charge in [0.25, 0.3) is 0 Å². The first-order valence-corrected chi connectivity index (χ1v) is 8.02. The van der Waals surface area contributed by atoms with Crippen LogP contribution in [0.4, 0.5) is 0 Å². The summed E-state index contributed by atoms with van der Waals surface area (Å²) < 4.78 is 10.8. The first-order valence-electron chi connectivity index (χ1n) is 8.02. The average Bonchev–Trinajstić information content (AvgIpc) is 3.20. The van der Waals surface area contributed by atoms with Crippen molar-refractivity contribution in [3.63, 3.8) is 0 Å². The van der Waals surface area contributed by atoms with Gasteiger partial charge in [-0.3, -0.25) is 0 Å². The Morgan fingerprint density at radius 2 is 2.09 bits per heavy atom. The largest absolute Gasteiger partial charge is 0.444 e. The topological polar surface area (TPSA) is 71.7 Å². The van der Waals surface area contributed by atoms with E-state index in [-0.39, 0.29) is 24.0 Å². The van der Waals surface area contributed by atoms with Gasteiger partial charge in [-0.05, 0) is 45.4 Å². The van der Waals surface area contributed by atoms with Gasteiger partial charge in [0.15, 0.2) is 5.96 Å². The summed E-state index contributed by atoms with van der Waals surface area (Å²) in [5.41, 5.74) is 1.32. The van der Waals surface area contributed by atoms with Crippen molar-refractivity contribution in [3.8, 4) is 0 Å². The van der Waals surface area contributed by atoms with Crippen LogP contribution in [0, 0.1) is 19.3 Å². The van der Waals surface area contributed by atoms with Crippen LogP contribution in [-0.4, -0.2) is 37.7 Å². The van der Waals surface area contributed by atoms with Gasteiger partial charge in [-0.25, -0.2) is 9.98 Å². The summed E-state index contributed by atoms with van der Waals surface area (Å²) in [6.07, 6.45) is 3.63. The molecule has 1 aliphatic carbocycles. The van der Waals surface area contributed by atoms with E-state index in [0.717, 1.165) is 43.5 Å². The third-order valence-corrected chi connectivity index (χ3v) is 4.21. The Labute approximate surface area is 155 Å². The first kappa shape index (κ1) is 20.2. The maximum absolute atomic E-state index is 5.56. The number of oxazole rings is 1. The molecule has 2 N–H and O–H groups in total. The number of nitrogens with one attached hydrogen (secondary N) is 2. The highest BCUT2D eigenvalue weighted by Gasteiger charge is 2.41. The average molecular weight is 436 g/mol. The molecule has 0 atom stereocenters. The Balaban J connectivity index is 0.00000264. The van der Waals surface area contributed by atoms with Gasteiger partial charge in [-0.1, -0.05) is 0 Å². The van der Waals surface area contributed by atoms with E-state index in [0.29, 0.717) is 17.9 Å². The summed E-state index contributed by atoms with van der Waals surface area (Å²) >= 11 is 0. The summed E-state index contributed by atoms with van der Waals surface area (Å²) in [5, 5.41) is 6.71. The van der Waals surface area contributed by atoms with E-state index in [1.54, 1.807) is 7.11 Å². The molecule has 0 aromatic carbocycles. The standard InChI is InChI=1S/C16H28N4O2.HI/c1-5-17-15(18-10-14-20-12(2)13(3)22-14)19-11-16(6-7-16)8-9-21-4;/h5-11H2,1-4H3,(H2,17,18,19);1H. The summed E-state index contributed by atoms with van der Waals surface area (Å²) in [6, 6.07) is 0. The van der Waals surface area contributed by atoms with Crippen LogP contribution in [0.3, 0.4) is 0 Å². The number of aromatic nitrogens is 1. The van der Waals surface area contributed by atoms with Crippen LogP contribution >= 0.6 is 24.0 Å². The molecule has 0 spiro atoms. The van der Waals surface area contributed by atoms with Crippen molar-refractivity contribution in [1.29, 1.82) is 0 Å². The molecule has 0 radical (unpaired) electrons. The molecule has 1 aromatic rings. The van der Waals surface area contributed by atoms with Crippen molar-refractivity contribution >= 4 is 29.9 Å². The number of hydrogen-bond donors (Lipinski definition) is 2. The van der Waals surface area contributed by atoms with Gasteiger partial charge in [-0.15, -0.1) is 24.0 Å². The van der Waals surface area contributed by atoms with Crippen LogP contribution in [0.25, 0.3) is 0 Å². The van der Waals surface area contributed by atoms with E-state index >= 15 is 0 Å². The molecular weight excluding hydrogens is 407 g/mol. The molecule has 23 heavy (non-hydrogen) atoms. The molecule has 7 heteroatoms. The van der Waals surface area contributed by atoms with Crippen molar-refractivity contribution in [3.05, 3.63) is 17.3 Å². The molecule has 0 bridgehead atoms. The molecule has 2 rings (SSSR count). The van der Waals surface area contributed by atoms with Crippen LogP contribution in [0.15, 0.2) is 9.41 Å². The Morgan fingerprint density at radius 1 is 1.35 bits per heavy atom. The highest BCUT2D eigenvalue weighted by atomic mass is 127. The second kappa shape index (κ2) is 9.46. The smallest absolute Gasteiger partial charge is 0.216 e. The maximum Gasteiger partial charge on any atom is 0.216 e. The lowest BCUT2D eigenvalue weighted by atomic mass is 10.0. The fourth-order valence-electron chi connectivity index (χ4n) is 2.38. The zero-order valence-corrected chi connectivity index (χ0v) is 16.9. The fraction of sp³-hybridized carbons (Fsp3) is 0.750. The Hall–Kier alpha value is -0.830. The minimum atomic E-state index is 0. The van der Waals surface area contributed by atoms with Crippen LogP contribution in [0.2, 0.25) is 0 Å². The molecule has 1 heterocycles. The van der Waals surface area contributed by atoms with Crippen molar-refractivity contribution in [2.75, 3.05) is 26.8 Å². The number of nitrogens with zero attached hydrogens (tertiary/aromatic N) is 2. The Kier molecular flexibility index (Phi) is 8.32. The normalized spacial score (nSPS) is 15.9. The van der Waals surface area contributed by atoms with E-state index in [1.807, 2.05) is 13.8 Å². The maximum atomic E-state index is 5.56. The predicted molar refractivity (Wildman–Crippen MR) is 102 cm³/mol. The second-order valence-electron chi connectivity index (χ2n) is 6.04. The second-order valence-corrected chi connectivity index (χ2v) is 6.04. The molecule has 1 saturated carbocycles. The number of methoxy groups -OCH3 is 1. The van der Waals surface area contributed by atoms with E-state index in [1.165, 1.54) is 12.8 Å². The molecule has 0 saturated heterocycles. The molecule has 1 aromatic heterocycles. The first-order chi connectivity index (χ1) is 10.6. The number of hydrogen-bond acceptors (Lipinski definition) is 4. The third-order valence-electron chi connectivity index (χ3n) is 4.21. The van der Waals surface area contributed by atoms with Crippen LogP contribution in [0.5, 0.6) is 0 Å². The lowest BCUT2D eigenvalue weighted by Crippen LogP contribution is -2.40. The number of aryl methyl sites for hydroxylation is 2. The highest BCUT2D eigenvalue weighted by Crippen LogP contribution is 2.48. The van der Waals surface area contributed by atoms with Gasteiger partial charge in [-0.2, -0.15) is 0 Å². The van der Waals surface area contributed by atoms with Crippen molar-refractivity contribution in [2.24, 2.45) is 10.4 Å². The van der Waals surface area contributed by atoms with Gasteiger partial charge in [0.2, 0.25) is 5.89 Å². The van der Waals surface area contributed by atoms with E-state index in [9.17, 15) is 0 Å². The molecule has 0 unspecified atom stereocenters. The molecule has 132 valence electrons. The van der Waals surface area contributed by atoms with Gasteiger partial charge in [0.05, 0.1) is 5.69 Å². The molecule has 6 nitrogen and oxygen atoms in total. The van der Waals surface area contributed by atoms with Crippen LogP contribution in [-0.2, 0) is 11.3 Å². The fourth-order valence-corrected chi connectivity index (χ4v) is 2.38. The molecule has 1 fully saturated rings. The number of halogens is 1. The zero-order valence-electron chi connectivity index (χ0n) is 14.6. The molecule has 0 aliphatic heterocycles. The van der Waals surface area contributed by atoms with Gasteiger partial charge in [0, 0.05) is 26.8 Å². The summed E-state index contributed by atoms with van der Waals surface area (Å²) in [5.74, 6) is 2.34. The minimum Gasteiger partial charge on any atom is -0.444 e. The van der Waals surface area contributed by atoms with Gasteiger partial charge >= 0.3 is 0 Å². The summed E-state index contributed by atoms with van der Waals surface area (Å²) in [6.45, 7) is 8.98. The van der Waals surface area contributed by atoms with Gasteiger partial charge in [0.1, 0.15) is 12.3 Å². The van der Waals surface area contributed by atoms with E-state index in [2.05, 4.69) is 27.5 Å². The summed E-state index contributed by atoms with van der Waals surface area (Å²) in [4.78, 5) is 8.91. The number of ether oxygens (including phenoxy) is 1. The summed E-state index contributed by atoms with van der Waals surface area (Å²) in [7, 11) is 1.76. The lowest BCUT2D eigenvalue weighted by molar-refractivity contribution is 0.172. The predicted octanol–water partition coefficient (Wildman–Crippen LogP) is 2.78. The Bertz CT molecular complexity index is 493. The van der Waals surface area contributed by atoms with Crippen molar-refractivity contribution in [2.45, 2.75) is 46.6 Å². The molecular formula is C16H29IN4O2. The lowest BCUT2D eigenvalue weighted by Gasteiger charge is -2.18. The van der Waals surface area contributed by atoms with Gasteiger partial charge < -0.3 is 19.8 Å². The Morgan fingerprint density at radius 3 is 2.61 bits per heavy atom. The molecule has 1 aliphatic rings. The van der Waals surface area contributed by atoms with Crippen molar-refractivity contribution in [1.82, 2.24) is 15.6 Å². The van der Waals surface area contributed by atoms with E-state index in [4.69, 9.17) is 9.15 Å². The van der Waals surface area contributed by atoms with Crippen LogP contribution < -0.4 is 10.6 Å². The quantitative estimate of drug-likeness (QED) is 0.373. The third kappa shape index (κ3) is 6.29. The highest BCUT2D eigenvalue weighted by molar-refractivity contribution is 14.0. The minimum absolute atomic E-state index is 0.